The molecule has 0 aromatic heterocycles. The molecule has 0 bridgehead atoms. The summed E-state index contributed by atoms with van der Waals surface area (Å²) in [6, 6.07) is 0. The van der Waals surface area contributed by atoms with Crippen LogP contribution in [-0.4, -0.2) is 29.6 Å². The van der Waals surface area contributed by atoms with E-state index in [0.29, 0.717) is 0 Å². The molecule has 1 N–H and O–H groups in total. The molecule has 0 heterocycles. The van der Waals surface area contributed by atoms with Gasteiger partial charge >= 0.3 is 131 Å². The van der Waals surface area contributed by atoms with E-state index in [1.54, 1.807) is 9.67 Å². The van der Waals surface area contributed by atoms with E-state index in [2.05, 4.69) is 40.3 Å². The Morgan fingerprint density at radius 1 is 1.00 bits per heavy atom. The first-order valence-electron chi connectivity index (χ1n) is 8.55. The van der Waals surface area contributed by atoms with Crippen molar-refractivity contribution in [3.05, 3.63) is 22.3 Å². The van der Waals surface area contributed by atoms with Crippen LogP contribution >= 0.6 is 0 Å². The van der Waals surface area contributed by atoms with Gasteiger partial charge in [0, 0.05) is 0 Å². The van der Waals surface area contributed by atoms with Gasteiger partial charge in [0.15, 0.2) is 0 Å². The molecule has 0 rings (SSSR count). The Kier molecular flexibility index (Phi) is 12.0. The Morgan fingerprint density at radius 2 is 1.40 bits per heavy atom. The average molecular weight is 387 g/mol. The summed E-state index contributed by atoms with van der Waals surface area (Å²) in [5.74, 6) is 0. The van der Waals surface area contributed by atoms with Gasteiger partial charge in [0.2, 0.25) is 0 Å². The van der Waals surface area contributed by atoms with Crippen molar-refractivity contribution < 1.29 is 5.11 Å². The van der Waals surface area contributed by atoms with E-state index in [1.165, 1.54) is 51.8 Å². The van der Waals surface area contributed by atoms with Crippen LogP contribution in [0.15, 0.2) is 22.3 Å². The fourth-order valence-electron chi connectivity index (χ4n) is 3.01. The van der Waals surface area contributed by atoms with Crippen LogP contribution in [0.5, 0.6) is 0 Å². The summed E-state index contributed by atoms with van der Waals surface area (Å²) in [5, 5.41) is 9.91. The first-order chi connectivity index (χ1) is 9.56. The molecule has 118 valence electrons. The summed E-state index contributed by atoms with van der Waals surface area (Å²) >= 11 is -2.25. The third-order valence-corrected chi connectivity index (χ3v) is 21.0. The summed E-state index contributed by atoms with van der Waals surface area (Å²) in [5.41, 5.74) is 0. The zero-order chi connectivity index (χ0) is 15.4. The van der Waals surface area contributed by atoms with Gasteiger partial charge in [0.05, 0.1) is 0 Å². The van der Waals surface area contributed by atoms with Crippen LogP contribution in [0, 0.1) is 0 Å². The van der Waals surface area contributed by atoms with Gasteiger partial charge in [-0.25, -0.2) is 0 Å². The average Bonchev–Trinajstić information content (AvgIpc) is 2.46. The van der Waals surface area contributed by atoms with E-state index >= 15 is 0 Å². The number of hydrogen-bond donors (Lipinski definition) is 1. The van der Waals surface area contributed by atoms with E-state index in [0.717, 1.165) is 0 Å². The minimum atomic E-state index is -2.25. The van der Waals surface area contributed by atoms with Crippen molar-refractivity contribution in [2.24, 2.45) is 0 Å². The number of rotatable bonds is 12. The van der Waals surface area contributed by atoms with Crippen LogP contribution in [0.1, 0.15) is 66.2 Å². The molecule has 0 aliphatic rings. The first kappa shape index (κ1) is 20.2. The number of hydrogen-bond acceptors (Lipinski definition) is 1. The maximum absolute atomic E-state index is 9.91. The topological polar surface area (TPSA) is 20.2 Å². The molecular formula is C18H36OSn. The zero-order valence-corrected chi connectivity index (χ0v) is 17.1. The van der Waals surface area contributed by atoms with Crippen molar-refractivity contribution in [2.45, 2.75) is 85.6 Å². The molecule has 1 unspecified atom stereocenters. The van der Waals surface area contributed by atoms with Gasteiger partial charge in [-0.2, -0.15) is 0 Å². The Morgan fingerprint density at radius 3 is 1.70 bits per heavy atom. The maximum atomic E-state index is 9.91. The van der Waals surface area contributed by atoms with Crippen molar-refractivity contribution in [3.63, 3.8) is 0 Å². The number of allylic oxidation sites excluding steroid dienone is 1. The Hall–Kier alpha value is 0.239. The molecule has 0 aromatic carbocycles. The van der Waals surface area contributed by atoms with Crippen molar-refractivity contribution in [1.29, 1.82) is 0 Å². The second kappa shape index (κ2) is 11.9. The van der Waals surface area contributed by atoms with Gasteiger partial charge in [-0.1, -0.05) is 0 Å². The molecule has 0 amide bonds. The SMILES string of the molecule is C=CC(O)/C=[C](\C)[Sn]([CH2]CCC)([CH2]CCC)[CH2]CCC. The van der Waals surface area contributed by atoms with Crippen molar-refractivity contribution in [3.8, 4) is 0 Å². The van der Waals surface area contributed by atoms with E-state index in [4.69, 9.17) is 0 Å². The van der Waals surface area contributed by atoms with Gasteiger partial charge in [0.25, 0.3) is 0 Å². The van der Waals surface area contributed by atoms with Crippen LogP contribution in [0.4, 0.5) is 0 Å². The van der Waals surface area contributed by atoms with Gasteiger partial charge in [-0.3, -0.25) is 0 Å². The molecule has 0 spiro atoms. The summed E-state index contributed by atoms with van der Waals surface area (Å²) in [7, 11) is 0. The Bertz CT molecular complexity index is 261. The van der Waals surface area contributed by atoms with Crippen molar-refractivity contribution in [2.75, 3.05) is 0 Å². The molecule has 0 aliphatic heterocycles. The molecule has 0 aliphatic carbocycles. The number of unbranched alkanes of at least 4 members (excludes halogenated alkanes) is 3. The van der Waals surface area contributed by atoms with Gasteiger partial charge in [-0.05, 0) is 0 Å². The van der Waals surface area contributed by atoms with E-state index in [-0.39, 0.29) is 0 Å². The first-order valence-corrected chi connectivity index (χ1v) is 16.0. The van der Waals surface area contributed by atoms with E-state index < -0.39 is 24.5 Å². The van der Waals surface area contributed by atoms with E-state index in [9.17, 15) is 5.11 Å². The molecule has 20 heavy (non-hydrogen) atoms. The molecule has 1 nitrogen and oxygen atoms in total. The zero-order valence-electron chi connectivity index (χ0n) is 14.3. The standard InChI is InChI=1S/C6H9O.3C4H9.Sn/c1-3-5-6(7)4-2;3*1-3-4-2;/h4-7H,2H2,1H3;3*1,3-4H2,2H3;. The summed E-state index contributed by atoms with van der Waals surface area (Å²) < 4.78 is 5.99. The summed E-state index contributed by atoms with van der Waals surface area (Å²) in [6.07, 6.45) is 11.3. The Labute approximate surface area is 131 Å². The third-order valence-electron chi connectivity index (χ3n) is 4.53. The van der Waals surface area contributed by atoms with Crippen LogP contribution < -0.4 is 0 Å². The second-order valence-electron chi connectivity index (χ2n) is 6.17. The molecule has 0 radical (unpaired) electrons. The normalized spacial score (nSPS) is 14.3. The number of aliphatic hydroxyl groups is 1. The third kappa shape index (κ3) is 7.31. The van der Waals surface area contributed by atoms with Crippen molar-refractivity contribution >= 4 is 18.4 Å². The predicted molar refractivity (Wildman–Crippen MR) is 94.9 cm³/mol. The quantitative estimate of drug-likeness (QED) is 0.328. The fraction of sp³-hybridized carbons (Fsp3) is 0.778. The Balaban J connectivity index is 5.19. The monoisotopic (exact) mass is 388 g/mol. The minimum absolute atomic E-state index is 0.448. The van der Waals surface area contributed by atoms with E-state index in [1.807, 2.05) is 0 Å². The van der Waals surface area contributed by atoms with Gasteiger partial charge in [0.1, 0.15) is 0 Å². The summed E-state index contributed by atoms with van der Waals surface area (Å²) in [6.45, 7) is 12.9. The molecule has 0 aromatic rings. The van der Waals surface area contributed by atoms with Gasteiger partial charge in [-0.15, -0.1) is 0 Å². The predicted octanol–water partition coefficient (Wildman–Crippen LogP) is 5.87. The second-order valence-corrected chi connectivity index (χ2v) is 20.0. The fourth-order valence-corrected chi connectivity index (χ4v) is 18.8. The molecule has 1 atom stereocenters. The molecular weight excluding hydrogens is 351 g/mol. The number of aliphatic hydroxyl groups excluding tert-OH is 1. The van der Waals surface area contributed by atoms with Crippen molar-refractivity contribution in [1.82, 2.24) is 0 Å². The van der Waals surface area contributed by atoms with Crippen LogP contribution in [0.3, 0.4) is 0 Å². The molecule has 0 saturated carbocycles. The van der Waals surface area contributed by atoms with Crippen LogP contribution in [-0.2, 0) is 0 Å². The molecule has 0 fully saturated rings. The van der Waals surface area contributed by atoms with Crippen LogP contribution in [0.2, 0.25) is 13.3 Å². The summed E-state index contributed by atoms with van der Waals surface area (Å²) in [4.78, 5) is 0. The molecule has 0 saturated heterocycles. The van der Waals surface area contributed by atoms with Crippen LogP contribution in [0.25, 0.3) is 0 Å². The molecule has 2 heteroatoms. The van der Waals surface area contributed by atoms with Gasteiger partial charge < -0.3 is 0 Å².